The topological polar surface area (TPSA) is 28.5 Å². The summed E-state index contributed by atoms with van der Waals surface area (Å²) in [5.41, 5.74) is 2.20. The summed E-state index contributed by atoms with van der Waals surface area (Å²) in [6, 6.07) is 8.06. The molecule has 0 unspecified atom stereocenters. The van der Waals surface area contributed by atoms with E-state index in [1.165, 1.54) is 10.9 Å². The molecule has 0 bridgehead atoms. The minimum Gasteiger partial charge on any atom is -0.330 e. The zero-order valence-corrected chi connectivity index (χ0v) is 12.1. The Kier molecular flexibility index (Phi) is 3.90. The van der Waals surface area contributed by atoms with E-state index in [1.807, 2.05) is 24.4 Å². The van der Waals surface area contributed by atoms with E-state index in [2.05, 4.69) is 25.1 Å². The third kappa shape index (κ3) is 2.79. The molecule has 1 amide bonds. The van der Waals surface area contributed by atoms with Crippen LogP contribution >= 0.6 is 0 Å². The second-order valence-electron chi connectivity index (χ2n) is 5.27. The van der Waals surface area contributed by atoms with Crippen molar-refractivity contribution in [2.75, 3.05) is 34.7 Å². The number of carbonyl (C=O) groups is 1. The molecule has 1 heterocycles. The predicted octanol–water partition coefficient (Wildman–Crippen LogP) is 2.28. The molecule has 0 aliphatic rings. The van der Waals surface area contributed by atoms with Crippen LogP contribution in [0, 0.1) is 0 Å². The van der Waals surface area contributed by atoms with Gasteiger partial charge in [0.15, 0.2) is 0 Å². The predicted molar refractivity (Wildman–Crippen MR) is 78.7 cm³/mol. The van der Waals surface area contributed by atoms with E-state index in [-0.39, 0.29) is 6.03 Å². The van der Waals surface area contributed by atoms with Gasteiger partial charge in [0.05, 0.1) is 5.52 Å². The number of rotatable bonds is 3. The summed E-state index contributed by atoms with van der Waals surface area (Å²) in [5.74, 6) is 0. The minimum atomic E-state index is -0.00713. The summed E-state index contributed by atoms with van der Waals surface area (Å²) in [7, 11) is 7.67. The molecule has 2 rings (SSSR count). The van der Waals surface area contributed by atoms with Crippen molar-refractivity contribution in [1.82, 2.24) is 14.4 Å². The summed E-state index contributed by atoms with van der Waals surface area (Å²) >= 11 is 0. The first-order valence-corrected chi connectivity index (χ1v) is 6.46. The molecule has 19 heavy (non-hydrogen) atoms. The second-order valence-corrected chi connectivity index (χ2v) is 5.27. The fourth-order valence-corrected chi connectivity index (χ4v) is 2.17. The Hall–Kier alpha value is -1.81. The van der Waals surface area contributed by atoms with Crippen LogP contribution in [-0.2, 0) is 6.42 Å². The Labute approximate surface area is 114 Å². The molecule has 0 saturated carbocycles. The van der Waals surface area contributed by atoms with E-state index in [4.69, 9.17) is 0 Å². The van der Waals surface area contributed by atoms with Crippen molar-refractivity contribution in [2.45, 2.75) is 6.42 Å². The van der Waals surface area contributed by atoms with Gasteiger partial charge < -0.3 is 9.80 Å². The molecule has 0 fully saturated rings. The SMILES string of the molecule is CN(C)CCc1cn(C(=O)N(C)C)c2ccccc12. The summed E-state index contributed by atoms with van der Waals surface area (Å²) in [4.78, 5) is 15.9. The van der Waals surface area contributed by atoms with Gasteiger partial charge in [-0.2, -0.15) is 0 Å². The fraction of sp³-hybridized carbons (Fsp3) is 0.400. The minimum absolute atomic E-state index is 0.00713. The van der Waals surface area contributed by atoms with Gasteiger partial charge >= 0.3 is 6.03 Å². The molecule has 102 valence electrons. The van der Waals surface area contributed by atoms with Crippen LogP contribution in [0.15, 0.2) is 30.5 Å². The number of likely N-dealkylation sites (N-methyl/N-ethyl adjacent to an activating group) is 1. The lowest BCUT2D eigenvalue weighted by atomic mass is 10.1. The van der Waals surface area contributed by atoms with Gasteiger partial charge in [0.2, 0.25) is 0 Å². The Balaban J connectivity index is 2.45. The average Bonchev–Trinajstić information content (AvgIpc) is 2.74. The first kappa shape index (κ1) is 13.6. The summed E-state index contributed by atoms with van der Waals surface area (Å²) in [6.45, 7) is 0.976. The molecule has 0 N–H and O–H groups in total. The van der Waals surface area contributed by atoms with Crippen LogP contribution in [0.5, 0.6) is 0 Å². The number of benzene rings is 1. The van der Waals surface area contributed by atoms with Crippen LogP contribution in [0.3, 0.4) is 0 Å². The van der Waals surface area contributed by atoms with Crippen LogP contribution in [0.4, 0.5) is 4.79 Å². The molecule has 0 saturated heterocycles. The highest BCUT2D eigenvalue weighted by atomic mass is 16.2. The first-order chi connectivity index (χ1) is 9.00. The van der Waals surface area contributed by atoms with E-state index in [9.17, 15) is 4.79 Å². The molecule has 0 spiro atoms. The molecular weight excluding hydrogens is 238 g/mol. The molecule has 0 aliphatic carbocycles. The van der Waals surface area contributed by atoms with Gasteiger partial charge in [0.1, 0.15) is 0 Å². The summed E-state index contributed by atoms with van der Waals surface area (Å²) in [5, 5.41) is 1.17. The Morgan fingerprint density at radius 1 is 1.16 bits per heavy atom. The van der Waals surface area contributed by atoms with Crippen molar-refractivity contribution >= 4 is 16.9 Å². The largest absolute Gasteiger partial charge is 0.330 e. The van der Waals surface area contributed by atoms with E-state index in [1.54, 1.807) is 23.6 Å². The molecule has 4 heteroatoms. The van der Waals surface area contributed by atoms with Crippen molar-refractivity contribution in [3.63, 3.8) is 0 Å². The van der Waals surface area contributed by atoms with Crippen LogP contribution in [0.25, 0.3) is 10.9 Å². The zero-order valence-electron chi connectivity index (χ0n) is 12.1. The number of hydrogen-bond donors (Lipinski definition) is 0. The van der Waals surface area contributed by atoms with Gasteiger partial charge in [-0.3, -0.25) is 4.57 Å². The van der Waals surface area contributed by atoms with E-state index in [0.29, 0.717) is 0 Å². The van der Waals surface area contributed by atoms with Crippen LogP contribution in [0.2, 0.25) is 0 Å². The molecule has 0 aliphatic heterocycles. The van der Waals surface area contributed by atoms with Crippen molar-refractivity contribution in [1.29, 1.82) is 0 Å². The van der Waals surface area contributed by atoms with E-state index < -0.39 is 0 Å². The molecule has 1 aromatic heterocycles. The molecule has 0 radical (unpaired) electrons. The normalized spacial score (nSPS) is 11.2. The van der Waals surface area contributed by atoms with Crippen molar-refractivity contribution < 1.29 is 4.79 Å². The maximum atomic E-state index is 12.2. The van der Waals surface area contributed by atoms with Gasteiger partial charge in [-0.05, 0) is 32.1 Å². The number of fused-ring (bicyclic) bond motifs is 1. The van der Waals surface area contributed by atoms with Gasteiger partial charge in [-0.15, -0.1) is 0 Å². The third-order valence-corrected chi connectivity index (χ3v) is 3.21. The Morgan fingerprint density at radius 2 is 1.84 bits per heavy atom. The van der Waals surface area contributed by atoms with Crippen LogP contribution in [0.1, 0.15) is 5.56 Å². The van der Waals surface area contributed by atoms with Crippen LogP contribution in [-0.4, -0.2) is 55.1 Å². The summed E-state index contributed by atoms with van der Waals surface area (Å²) in [6.07, 6.45) is 2.91. The molecule has 0 atom stereocenters. The molecule has 4 nitrogen and oxygen atoms in total. The highest BCUT2D eigenvalue weighted by molar-refractivity contribution is 5.93. The lowest BCUT2D eigenvalue weighted by Crippen LogP contribution is -2.26. The Bertz CT molecular complexity index is 584. The monoisotopic (exact) mass is 259 g/mol. The summed E-state index contributed by atoms with van der Waals surface area (Å²) < 4.78 is 1.74. The number of nitrogens with zero attached hydrogens (tertiary/aromatic N) is 3. The lowest BCUT2D eigenvalue weighted by molar-refractivity contribution is 0.220. The number of para-hydroxylation sites is 1. The lowest BCUT2D eigenvalue weighted by Gasteiger charge is -2.11. The second kappa shape index (κ2) is 5.45. The molecule has 2 aromatic rings. The van der Waals surface area contributed by atoms with E-state index in [0.717, 1.165) is 18.5 Å². The highest BCUT2D eigenvalue weighted by Gasteiger charge is 2.14. The number of carbonyl (C=O) groups excluding carboxylic acids is 1. The smallest absolute Gasteiger partial charge is 0.328 e. The third-order valence-electron chi connectivity index (χ3n) is 3.21. The Morgan fingerprint density at radius 3 is 2.47 bits per heavy atom. The van der Waals surface area contributed by atoms with Crippen molar-refractivity contribution in [2.24, 2.45) is 0 Å². The maximum absolute atomic E-state index is 12.2. The van der Waals surface area contributed by atoms with E-state index >= 15 is 0 Å². The number of aromatic nitrogens is 1. The van der Waals surface area contributed by atoms with Gasteiger partial charge in [0, 0.05) is 32.2 Å². The molecule has 1 aromatic carbocycles. The zero-order chi connectivity index (χ0) is 14.0. The maximum Gasteiger partial charge on any atom is 0.328 e. The van der Waals surface area contributed by atoms with Gasteiger partial charge in [0.25, 0.3) is 0 Å². The molecular formula is C15H21N3O. The van der Waals surface area contributed by atoms with Gasteiger partial charge in [-0.1, -0.05) is 18.2 Å². The highest BCUT2D eigenvalue weighted by Crippen LogP contribution is 2.22. The van der Waals surface area contributed by atoms with Crippen molar-refractivity contribution in [3.05, 3.63) is 36.0 Å². The van der Waals surface area contributed by atoms with Crippen LogP contribution < -0.4 is 0 Å². The standard InChI is InChI=1S/C15H21N3O/c1-16(2)10-9-12-11-18(15(19)17(3)4)14-8-6-5-7-13(12)14/h5-8,11H,9-10H2,1-4H3. The average molecular weight is 259 g/mol. The van der Waals surface area contributed by atoms with Crippen molar-refractivity contribution in [3.8, 4) is 0 Å². The fourth-order valence-electron chi connectivity index (χ4n) is 2.17. The quantitative estimate of drug-likeness (QED) is 0.846. The van der Waals surface area contributed by atoms with Gasteiger partial charge in [-0.25, -0.2) is 4.79 Å². The number of hydrogen-bond acceptors (Lipinski definition) is 2. The first-order valence-electron chi connectivity index (χ1n) is 6.46. The number of amides is 1.